The SMILES string of the molecule is Cc1nc2sc([C@H](c3ccc(C)o3)[NH+]3CCCC3)c(O)n2n1. The number of thiazole rings is 1. The number of nitrogens with one attached hydrogen (secondary N) is 1. The van der Waals surface area contributed by atoms with E-state index in [2.05, 4.69) is 10.1 Å². The molecule has 3 aromatic heterocycles. The van der Waals surface area contributed by atoms with Gasteiger partial charge in [0.1, 0.15) is 16.5 Å². The molecule has 0 radical (unpaired) electrons. The fourth-order valence-electron chi connectivity index (χ4n) is 3.28. The lowest BCUT2D eigenvalue weighted by Gasteiger charge is -2.21. The quantitative estimate of drug-likeness (QED) is 0.767. The van der Waals surface area contributed by atoms with Gasteiger partial charge in [-0.3, -0.25) is 0 Å². The smallest absolute Gasteiger partial charge is 0.235 e. The summed E-state index contributed by atoms with van der Waals surface area (Å²) in [6.07, 6.45) is 2.43. The molecule has 0 bridgehead atoms. The molecule has 4 heterocycles. The molecule has 6 nitrogen and oxygen atoms in total. The summed E-state index contributed by atoms with van der Waals surface area (Å²) in [5.74, 6) is 2.67. The van der Waals surface area contributed by atoms with Gasteiger partial charge in [0.25, 0.3) is 0 Å². The average molecular weight is 319 g/mol. The van der Waals surface area contributed by atoms with E-state index in [-0.39, 0.29) is 11.9 Å². The second kappa shape index (κ2) is 5.10. The highest BCUT2D eigenvalue weighted by Crippen LogP contribution is 2.35. The molecule has 0 unspecified atom stereocenters. The van der Waals surface area contributed by atoms with Crippen LogP contribution in [0.4, 0.5) is 0 Å². The maximum absolute atomic E-state index is 10.6. The second-order valence-electron chi connectivity index (χ2n) is 5.89. The van der Waals surface area contributed by atoms with Crippen LogP contribution in [0.3, 0.4) is 0 Å². The Morgan fingerprint density at radius 1 is 1.32 bits per heavy atom. The van der Waals surface area contributed by atoms with Crippen LogP contribution in [0.1, 0.15) is 41.1 Å². The van der Waals surface area contributed by atoms with Gasteiger partial charge in [-0.25, -0.2) is 4.98 Å². The summed E-state index contributed by atoms with van der Waals surface area (Å²) in [6.45, 7) is 5.97. The number of fused-ring (bicyclic) bond motifs is 1. The Kier molecular flexibility index (Phi) is 3.19. The summed E-state index contributed by atoms with van der Waals surface area (Å²) in [4.78, 5) is 7.43. The van der Waals surface area contributed by atoms with Gasteiger partial charge in [-0.15, -0.1) is 5.10 Å². The number of hydrogen-bond acceptors (Lipinski definition) is 5. The molecule has 4 rings (SSSR count). The van der Waals surface area contributed by atoms with Gasteiger partial charge in [0.2, 0.25) is 10.8 Å². The van der Waals surface area contributed by atoms with Crippen LogP contribution in [0.5, 0.6) is 5.88 Å². The van der Waals surface area contributed by atoms with Gasteiger partial charge < -0.3 is 14.4 Å². The lowest BCUT2D eigenvalue weighted by atomic mass is 10.1. The molecule has 22 heavy (non-hydrogen) atoms. The number of quaternary nitrogens is 1. The zero-order valence-electron chi connectivity index (χ0n) is 12.7. The van der Waals surface area contributed by atoms with Crippen LogP contribution in [0, 0.1) is 13.8 Å². The third kappa shape index (κ3) is 2.12. The van der Waals surface area contributed by atoms with Gasteiger partial charge in [0.15, 0.2) is 11.8 Å². The second-order valence-corrected chi connectivity index (χ2v) is 6.90. The van der Waals surface area contributed by atoms with Crippen LogP contribution >= 0.6 is 11.3 Å². The number of furan rings is 1. The first-order chi connectivity index (χ1) is 10.6. The van der Waals surface area contributed by atoms with E-state index in [4.69, 9.17) is 4.42 Å². The number of likely N-dealkylation sites (tertiary alicyclic amines) is 1. The number of aromatic hydroxyl groups is 1. The van der Waals surface area contributed by atoms with Crippen LogP contribution in [0.25, 0.3) is 4.96 Å². The summed E-state index contributed by atoms with van der Waals surface area (Å²) in [5.41, 5.74) is 0. The lowest BCUT2D eigenvalue weighted by Crippen LogP contribution is -3.10. The van der Waals surface area contributed by atoms with Crippen molar-refractivity contribution in [2.24, 2.45) is 0 Å². The van der Waals surface area contributed by atoms with Crippen LogP contribution in [0.2, 0.25) is 0 Å². The van der Waals surface area contributed by atoms with Crippen molar-refractivity contribution in [2.45, 2.75) is 32.7 Å². The van der Waals surface area contributed by atoms with E-state index in [9.17, 15) is 5.11 Å². The summed E-state index contributed by atoms with van der Waals surface area (Å²) in [5, 5.41) is 14.9. The van der Waals surface area contributed by atoms with E-state index in [0.717, 1.165) is 34.4 Å². The summed E-state index contributed by atoms with van der Waals surface area (Å²) in [7, 11) is 0. The highest BCUT2D eigenvalue weighted by atomic mass is 32.1. The summed E-state index contributed by atoms with van der Waals surface area (Å²) < 4.78 is 7.42. The predicted octanol–water partition coefficient (Wildman–Crippen LogP) is 1.47. The molecule has 1 saturated heterocycles. The van der Waals surface area contributed by atoms with Crippen molar-refractivity contribution >= 4 is 16.3 Å². The molecule has 116 valence electrons. The summed E-state index contributed by atoms with van der Waals surface area (Å²) >= 11 is 1.50. The maximum Gasteiger partial charge on any atom is 0.235 e. The van der Waals surface area contributed by atoms with Crippen molar-refractivity contribution in [2.75, 3.05) is 13.1 Å². The number of hydrogen-bond donors (Lipinski definition) is 2. The molecule has 0 amide bonds. The van der Waals surface area contributed by atoms with Crippen molar-refractivity contribution in [1.29, 1.82) is 0 Å². The van der Waals surface area contributed by atoms with Crippen LogP contribution in [-0.4, -0.2) is 32.8 Å². The highest BCUT2D eigenvalue weighted by molar-refractivity contribution is 7.17. The molecular weight excluding hydrogens is 300 g/mol. The first kappa shape index (κ1) is 13.8. The fraction of sp³-hybridized carbons (Fsp3) is 0.467. The topological polar surface area (TPSA) is 68.0 Å². The van der Waals surface area contributed by atoms with Crippen LogP contribution < -0.4 is 4.90 Å². The molecule has 0 saturated carbocycles. The van der Waals surface area contributed by atoms with E-state index < -0.39 is 0 Å². The molecule has 1 fully saturated rings. The summed E-state index contributed by atoms with van der Waals surface area (Å²) in [6, 6.07) is 4.02. The van der Waals surface area contributed by atoms with Crippen molar-refractivity contribution in [3.63, 3.8) is 0 Å². The molecule has 1 aliphatic heterocycles. The first-order valence-corrected chi connectivity index (χ1v) is 8.41. The van der Waals surface area contributed by atoms with Gasteiger partial charge >= 0.3 is 0 Å². The molecule has 7 heteroatoms. The molecule has 2 N–H and O–H groups in total. The first-order valence-electron chi connectivity index (χ1n) is 7.59. The normalized spacial score (nSPS) is 17.5. The largest absolute Gasteiger partial charge is 0.492 e. The molecule has 0 aromatic carbocycles. The number of aryl methyl sites for hydroxylation is 2. The Hall–Kier alpha value is -1.86. The Labute approximate surface area is 132 Å². The van der Waals surface area contributed by atoms with Crippen molar-refractivity contribution in [3.05, 3.63) is 34.4 Å². The van der Waals surface area contributed by atoms with Gasteiger partial charge in [0.05, 0.1) is 13.1 Å². The van der Waals surface area contributed by atoms with Gasteiger partial charge in [-0.2, -0.15) is 4.52 Å². The standard InChI is InChI=1S/C15H18N4O2S/c1-9-5-6-11(21-9)12(18-7-3-4-8-18)13-14(20)19-15(22-13)16-10(2)17-19/h5-6,12,20H,3-4,7-8H2,1-2H3/p+1/t12-/m0/s1. The third-order valence-corrected chi connectivity index (χ3v) is 5.35. The maximum atomic E-state index is 10.6. The Morgan fingerprint density at radius 3 is 2.73 bits per heavy atom. The molecule has 1 atom stereocenters. The molecule has 3 aromatic rings. The minimum Gasteiger partial charge on any atom is -0.492 e. The number of aromatic nitrogens is 3. The Balaban J connectivity index is 1.84. The van der Waals surface area contributed by atoms with E-state index >= 15 is 0 Å². The van der Waals surface area contributed by atoms with Crippen LogP contribution in [0.15, 0.2) is 16.5 Å². The lowest BCUT2D eigenvalue weighted by molar-refractivity contribution is -0.914. The van der Waals surface area contributed by atoms with Crippen molar-refractivity contribution < 1.29 is 14.4 Å². The van der Waals surface area contributed by atoms with Crippen molar-refractivity contribution in [1.82, 2.24) is 14.6 Å². The highest BCUT2D eigenvalue weighted by Gasteiger charge is 2.36. The van der Waals surface area contributed by atoms with Crippen molar-refractivity contribution in [3.8, 4) is 5.88 Å². The zero-order chi connectivity index (χ0) is 15.3. The van der Waals surface area contributed by atoms with Gasteiger partial charge in [0, 0.05) is 12.8 Å². The Morgan fingerprint density at radius 2 is 2.09 bits per heavy atom. The fourth-order valence-corrected chi connectivity index (χ4v) is 4.44. The van der Waals surface area contributed by atoms with Gasteiger partial charge in [-0.1, -0.05) is 11.3 Å². The average Bonchev–Trinajstić information content (AvgIpc) is 3.22. The third-order valence-electron chi connectivity index (χ3n) is 4.27. The van der Waals surface area contributed by atoms with E-state index in [1.165, 1.54) is 33.6 Å². The molecular formula is C15H19N4O2S+. The van der Waals surface area contributed by atoms with E-state index in [1.807, 2.05) is 26.0 Å². The zero-order valence-corrected chi connectivity index (χ0v) is 13.5. The monoisotopic (exact) mass is 319 g/mol. The minimum absolute atomic E-state index is 0.0185. The van der Waals surface area contributed by atoms with Gasteiger partial charge in [-0.05, 0) is 26.0 Å². The number of nitrogens with zero attached hydrogens (tertiary/aromatic N) is 3. The van der Waals surface area contributed by atoms with E-state index in [0.29, 0.717) is 5.82 Å². The molecule has 0 spiro atoms. The molecule has 1 aliphatic rings. The predicted molar refractivity (Wildman–Crippen MR) is 82.5 cm³/mol. The number of rotatable bonds is 3. The van der Waals surface area contributed by atoms with E-state index in [1.54, 1.807) is 0 Å². The molecule has 0 aliphatic carbocycles. The van der Waals surface area contributed by atoms with Crippen LogP contribution in [-0.2, 0) is 0 Å². The Bertz CT molecular complexity index is 813. The minimum atomic E-state index is 0.0185.